The molecule has 21 heavy (non-hydrogen) atoms. The van der Waals surface area contributed by atoms with Crippen molar-refractivity contribution in [1.29, 1.82) is 0 Å². The zero-order valence-electron chi connectivity index (χ0n) is 12.4. The first kappa shape index (κ1) is 17.5. The zero-order valence-corrected chi connectivity index (χ0v) is 13.2. The molecule has 0 aliphatic carbocycles. The van der Waals surface area contributed by atoms with E-state index in [1.807, 2.05) is 13.8 Å². The number of methoxy groups -OCH3 is 1. The molecule has 0 saturated carbocycles. The molecular formula is C14H21NO5S. The average Bonchev–Trinajstić information content (AvgIpc) is 2.41. The van der Waals surface area contributed by atoms with Crippen LogP contribution in [0.2, 0.25) is 0 Å². The maximum atomic E-state index is 11.6. The molecule has 0 bridgehead atoms. The number of ether oxygens (including phenoxy) is 2. The lowest BCUT2D eigenvalue weighted by Gasteiger charge is -2.20. The SMILES string of the molecule is COC(=O)c1ccccc1OCC(CS(N)(=O)=O)C(C)C. The quantitative estimate of drug-likeness (QED) is 0.768. The lowest BCUT2D eigenvalue weighted by atomic mass is 9.99. The monoisotopic (exact) mass is 315 g/mol. The summed E-state index contributed by atoms with van der Waals surface area (Å²) >= 11 is 0. The Hall–Kier alpha value is -1.60. The highest BCUT2D eigenvalue weighted by molar-refractivity contribution is 7.89. The topological polar surface area (TPSA) is 95.7 Å². The summed E-state index contributed by atoms with van der Waals surface area (Å²) in [5, 5.41) is 5.09. The number of hydrogen-bond donors (Lipinski definition) is 1. The number of esters is 1. The molecule has 0 spiro atoms. The molecule has 7 heteroatoms. The van der Waals surface area contributed by atoms with E-state index in [4.69, 9.17) is 9.88 Å². The van der Waals surface area contributed by atoms with Gasteiger partial charge in [0, 0.05) is 5.92 Å². The molecule has 0 aromatic heterocycles. The van der Waals surface area contributed by atoms with Crippen LogP contribution in [0.1, 0.15) is 24.2 Å². The first-order valence-electron chi connectivity index (χ1n) is 6.55. The fourth-order valence-corrected chi connectivity index (χ4v) is 2.88. The summed E-state index contributed by atoms with van der Waals surface area (Å²) in [7, 11) is -2.29. The number of carbonyl (C=O) groups is 1. The summed E-state index contributed by atoms with van der Waals surface area (Å²) < 4.78 is 32.7. The van der Waals surface area contributed by atoms with Crippen molar-refractivity contribution in [2.75, 3.05) is 19.5 Å². The van der Waals surface area contributed by atoms with E-state index in [0.29, 0.717) is 11.3 Å². The maximum Gasteiger partial charge on any atom is 0.341 e. The van der Waals surface area contributed by atoms with Crippen LogP contribution in [0.4, 0.5) is 0 Å². The third kappa shape index (κ3) is 5.73. The third-order valence-corrected chi connectivity index (χ3v) is 4.03. The number of benzene rings is 1. The van der Waals surface area contributed by atoms with Gasteiger partial charge in [-0.1, -0.05) is 26.0 Å². The highest BCUT2D eigenvalue weighted by atomic mass is 32.2. The van der Waals surface area contributed by atoms with Crippen LogP contribution in [0.25, 0.3) is 0 Å². The van der Waals surface area contributed by atoms with Gasteiger partial charge < -0.3 is 9.47 Å². The minimum Gasteiger partial charge on any atom is -0.492 e. The van der Waals surface area contributed by atoms with Gasteiger partial charge >= 0.3 is 5.97 Å². The van der Waals surface area contributed by atoms with Gasteiger partial charge in [0.1, 0.15) is 11.3 Å². The van der Waals surface area contributed by atoms with Crippen LogP contribution in [-0.4, -0.2) is 33.9 Å². The van der Waals surface area contributed by atoms with Crippen molar-refractivity contribution in [3.63, 3.8) is 0 Å². The minimum atomic E-state index is -3.58. The van der Waals surface area contributed by atoms with Crippen LogP contribution in [0.3, 0.4) is 0 Å². The average molecular weight is 315 g/mol. The van der Waals surface area contributed by atoms with E-state index in [9.17, 15) is 13.2 Å². The number of sulfonamides is 1. The van der Waals surface area contributed by atoms with E-state index >= 15 is 0 Å². The number of para-hydroxylation sites is 1. The summed E-state index contributed by atoms with van der Waals surface area (Å²) in [4.78, 5) is 11.6. The Morgan fingerprint density at radius 1 is 1.29 bits per heavy atom. The van der Waals surface area contributed by atoms with Crippen molar-refractivity contribution in [3.8, 4) is 5.75 Å². The molecule has 0 aliphatic rings. The molecule has 0 amide bonds. The van der Waals surface area contributed by atoms with E-state index in [2.05, 4.69) is 4.74 Å². The summed E-state index contributed by atoms with van der Waals surface area (Å²) in [6.45, 7) is 3.94. The van der Waals surface area contributed by atoms with Crippen LogP contribution < -0.4 is 9.88 Å². The third-order valence-electron chi connectivity index (χ3n) is 3.13. The first-order chi connectivity index (χ1) is 9.74. The van der Waals surface area contributed by atoms with Crippen molar-refractivity contribution in [3.05, 3.63) is 29.8 Å². The fourth-order valence-electron chi connectivity index (χ4n) is 1.80. The largest absolute Gasteiger partial charge is 0.492 e. The van der Waals surface area contributed by atoms with Gasteiger partial charge in [0.05, 0.1) is 19.5 Å². The second kappa shape index (κ2) is 7.42. The zero-order chi connectivity index (χ0) is 16.0. The highest BCUT2D eigenvalue weighted by Crippen LogP contribution is 2.21. The molecule has 2 N–H and O–H groups in total. The van der Waals surface area contributed by atoms with Gasteiger partial charge in [-0.15, -0.1) is 0 Å². The molecule has 0 radical (unpaired) electrons. The van der Waals surface area contributed by atoms with Crippen LogP contribution in [0.5, 0.6) is 5.75 Å². The number of primary sulfonamides is 1. The molecule has 1 aromatic carbocycles. The van der Waals surface area contributed by atoms with Gasteiger partial charge in [0.15, 0.2) is 0 Å². The van der Waals surface area contributed by atoms with Gasteiger partial charge in [-0.2, -0.15) is 0 Å². The molecule has 1 aromatic rings. The van der Waals surface area contributed by atoms with Gasteiger partial charge in [0.25, 0.3) is 0 Å². The van der Waals surface area contributed by atoms with Crippen molar-refractivity contribution in [1.82, 2.24) is 0 Å². The first-order valence-corrected chi connectivity index (χ1v) is 8.26. The number of hydrogen-bond acceptors (Lipinski definition) is 5. The standard InChI is InChI=1S/C14H21NO5S/c1-10(2)11(9-21(15,17)18)8-20-13-7-5-4-6-12(13)14(16)19-3/h4-7,10-11H,8-9H2,1-3H3,(H2,15,17,18). The fraction of sp³-hybridized carbons (Fsp3) is 0.500. The Bertz CT molecular complexity index is 583. The molecule has 1 unspecified atom stereocenters. The Balaban J connectivity index is 2.84. The van der Waals surface area contributed by atoms with Gasteiger partial charge in [0.2, 0.25) is 10.0 Å². The van der Waals surface area contributed by atoms with Crippen LogP contribution in [0, 0.1) is 11.8 Å². The molecule has 0 aliphatic heterocycles. The van der Waals surface area contributed by atoms with Crippen LogP contribution in [0.15, 0.2) is 24.3 Å². The van der Waals surface area contributed by atoms with E-state index in [1.165, 1.54) is 7.11 Å². The second-order valence-corrected chi connectivity index (χ2v) is 6.79. The Morgan fingerprint density at radius 3 is 2.43 bits per heavy atom. The van der Waals surface area contributed by atoms with Crippen molar-refractivity contribution in [2.45, 2.75) is 13.8 Å². The van der Waals surface area contributed by atoms with E-state index in [1.54, 1.807) is 24.3 Å². The van der Waals surface area contributed by atoms with Crippen LogP contribution >= 0.6 is 0 Å². The Morgan fingerprint density at radius 2 is 1.90 bits per heavy atom. The lowest BCUT2D eigenvalue weighted by Crippen LogP contribution is -2.30. The van der Waals surface area contributed by atoms with Gasteiger partial charge in [-0.3, -0.25) is 0 Å². The molecule has 0 fully saturated rings. The molecule has 1 rings (SSSR count). The molecule has 6 nitrogen and oxygen atoms in total. The highest BCUT2D eigenvalue weighted by Gasteiger charge is 2.21. The number of carbonyl (C=O) groups excluding carboxylic acids is 1. The summed E-state index contributed by atoms with van der Waals surface area (Å²) in [5.74, 6) is -0.479. The van der Waals surface area contributed by atoms with E-state index in [-0.39, 0.29) is 24.2 Å². The molecule has 0 heterocycles. The number of nitrogens with two attached hydrogens (primary N) is 1. The Labute approximate surface area is 125 Å². The van der Waals surface area contributed by atoms with Crippen LogP contribution in [-0.2, 0) is 14.8 Å². The van der Waals surface area contributed by atoms with Crippen molar-refractivity contribution in [2.24, 2.45) is 17.0 Å². The summed E-state index contributed by atoms with van der Waals surface area (Å²) in [6.07, 6.45) is 0. The predicted octanol–water partition coefficient (Wildman–Crippen LogP) is 1.41. The van der Waals surface area contributed by atoms with E-state index in [0.717, 1.165) is 0 Å². The van der Waals surface area contributed by atoms with E-state index < -0.39 is 16.0 Å². The molecule has 0 saturated heterocycles. The number of rotatable bonds is 7. The predicted molar refractivity (Wildman–Crippen MR) is 79.6 cm³/mol. The smallest absolute Gasteiger partial charge is 0.341 e. The normalized spacial score (nSPS) is 13.0. The van der Waals surface area contributed by atoms with Crippen molar-refractivity contribution < 1.29 is 22.7 Å². The lowest BCUT2D eigenvalue weighted by molar-refractivity contribution is 0.0594. The molecule has 1 atom stereocenters. The second-order valence-electron chi connectivity index (χ2n) is 5.13. The van der Waals surface area contributed by atoms with Gasteiger partial charge in [-0.05, 0) is 18.1 Å². The molecular weight excluding hydrogens is 294 g/mol. The minimum absolute atomic E-state index is 0.0774. The van der Waals surface area contributed by atoms with Gasteiger partial charge in [-0.25, -0.2) is 18.4 Å². The Kier molecular flexibility index (Phi) is 6.17. The maximum absolute atomic E-state index is 11.6. The summed E-state index contributed by atoms with van der Waals surface area (Å²) in [5.41, 5.74) is 0.304. The summed E-state index contributed by atoms with van der Waals surface area (Å²) in [6, 6.07) is 6.65. The van der Waals surface area contributed by atoms with Crippen molar-refractivity contribution >= 4 is 16.0 Å². The molecule has 118 valence electrons.